The monoisotopic (exact) mass is 167 g/mol. The molecule has 2 rings (SSSR count). The largest absolute Gasteiger partial charge is 0.353 e. The second-order valence-corrected chi connectivity index (χ2v) is 4.94. The van der Waals surface area contributed by atoms with E-state index in [2.05, 4.69) is 26.1 Å². The molecule has 0 spiro atoms. The highest BCUT2D eigenvalue weighted by Gasteiger charge is 2.58. The standard InChI is InChI=1S/C10H17NO/c1-7-10(3,6-8(12)11-7)9(2)4-5-9/h7H,4-6H2,1-3H3,(H,11,12). The van der Waals surface area contributed by atoms with Crippen molar-refractivity contribution in [1.82, 2.24) is 5.32 Å². The highest BCUT2D eigenvalue weighted by molar-refractivity contribution is 5.80. The van der Waals surface area contributed by atoms with Gasteiger partial charge >= 0.3 is 0 Å². The Morgan fingerprint density at radius 1 is 1.42 bits per heavy atom. The molecule has 0 radical (unpaired) electrons. The SMILES string of the molecule is CC1NC(=O)CC1(C)C1(C)CC1. The summed E-state index contributed by atoms with van der Waals surface area (Å²) in [5.74, 6) is 0.234. The molecule has 1 aliphatic heterocycles. The van der Waals surface area contributed by atoms with Crippen molar-refractivity contribution in [3.8, 4) is 0 Å². The molecular weight excluding hydrogens is 150 g/mol. The first-order valence-electron chi connectivity index (χ1n) is 4.77. The fraction of sp³-hybridized carbons (Fsp3) is 0.900. The first-order valence-corrected chi connectivity index (χ1v) is 4.77. The third-order valence-corrected chi connectivity index (χ3v) is 4.24. The zero-order valence-corrected chi connectivity index (χ0v) is 8.11. The Morgan fingerprint density at radius 3 is 2.33 bits per heavy atom. The van der Waals surface area contributed by atoms with Crippen LogP contribution < -0.4 is 5.32 Å². The molecule has 0 aromatic heterocycles. The average molecular weight is 167 g/mol. The molecule has 0 bridgehead atoms. The average Bonchev–Trinajstić information content (AvgIpc) is 2.62. The third kappa shape index (κ3) is 0.838. The summed E-state index contributed by atoms with van der Waals surface area (Å²) >= 11 is 0. The lowest BCUT2D eigenvalue weighted by Gasteiger charge is -2.34. The van der Waals surface area contributed by atoms with E-state index in [1.165, 1.54) is 12.8 Å². The maximum absolute atomic E-state index is 11.2. The van der Waals surface area contributed by atoms with Gasteiger partial charge in [0.05, 0.1) is 0 Å². The molecule has 0 aromatic rings. The van der Waals surface area contributed by atoms with E-state index >= 15 is 0 Å². The zero-order valence-electron chi connectivity index (χ0n) is 8.11. The molecule has 12 heavy (non-hydrogen) atoms. The van der Waals surface area contributed by atoms with Crippen LogP contribution in [-0.2, 0) is 4.79 Å². The zero-order chi connectivity index (χ0) is 8.98. The van der Waals surface area contributed by atoms with Crippen LogP contribution in [0.3, 0.4) is 0 Å². The van der Waals surface area contributed by atoms with E-state index in [9.17, 15) is 4.79 Å². The summed E-state index contributed by atoms with van der Waals surface area (Å²) in [7, 11) is 0. The van der Waals surface area contributed by atoms with E-state index in [0.717, 1.165) is 6.42 Å². The Balaban J connectivity index is 2.25. The van der Waals surface area contributed by atoms with E-state index in [4.69, 9.17) is 0 Å². The van der Waals surface area contributed by atoms with Gasteiger partial charge in [0.1, 0.15) is 0 Å². The van der Waals surface area contributed by atoms with Gasteiger partial charge < -0.3 is 5.32 Å². The molecule has 1 saturated carbocycles. The molecular formula is C10H17NO. The normalized spacial score (nSPS) is 44.2. The van der Waals surface area contributed by atoms with E-state index in [1.54, 1.807) is 0 Å². The number of rotatable bonds is 1. The maximum Gasteiger partial charge on any atom is 0.220 e. The predicted molar refractivity (Wildman–Crippen MR) is 47.7 cm³/mol. The second kappa shape index (κ2) is 2.04. The van der Waals surface area contributed by atoms with Gasteiger partial charge in [0.2, 0.25) is 5.91 Å². The minimum atomic E-state index is 0.212. The van der Waals surface area contributed by atoms with Crippen molar-refractivity contribution in [2.45, 2.75) is 46.1 Å². The van der Waals surface area contributed by atoms with Crippen LogP contribution >= 0.6 is 0 Å². The molecule has 2 aliphatic rings. The Morgan fingerprint density at radius 2 is 2.00 bits per heavy atom. The van der Waals surface area contributed by atoms with Crippen LogP contribution in [0.5, 0.6) is 0 Å². The molecule has 2 nitrogen and oxygen atoms in total. The van der Waals surface area contributed by atoms with Crippen LogP contribution in [0.1, 0.15) is 40.0 Å². The third-order valence-electron chi connectivity index (χ3n) is 4.24. The lowest BCUT2D eigenvalue weighted by Crippen LogP contribution is -2.38. The van der Waals surface area contributed by atoms with Crippen LogP contribution in [0.2, 0.25) is 0 Å². The summed E-state index contributed by atoms with van der Waals surface area (Å²) in [5, 5.41) is 3.01. The number of carbonyl (C=O) groups is 1. The van der Waals surface area contributed by atoms with Crippen molar-refractivity contribution < 1.29 is 4.79 Å². The van der Waals surface area contributed by atoms with Gasteiger partial charge in [0.25, 0.3) is 0 Å². The highest BCUT2D eigenvalue weighted by Crippen LogP contribution is 2.62. The van der Waals surface area contributed by atoms with Crippen molar-refractivity contribution >= 4 is 5.91 Å². The van der Waals surface area contributed by atoms with Crippen LogP contribution in [0.25, 0.3) is 0 Å². The smallest absolute Gasteiger partial charge is 0.220 e. The van der Waals surface area contributed by atoms with Gasteiger partial charge in [-0.05, 0) is 25.2 Å². The lowest BCUT2D eigenvalue weighted by molar-refractivity contribution is -0.119. The number of hydrogen-bond donors (Lipinski definition) is 1. The molecule has 1 heterocycles. The highest BCUT2D eigenvalue weighted by atomic mass is 16.2. The van der Waals surface area contributed by atoms with Crippen molar-refractivity contribution in [2.24, 2.45) is 10.8 Å². The summed E-state index contributed by atoms with van der Waals surface area (Å²) in [4.78, 5) is 11.2. The summed E-state index contributed by atoms with van der Waals surface area (Å²) in [6.45, 7) is 6.70. The van der Waals surface area contributed by atoms with Gasteiger partial charge in [-0.1, -0.05) is 13.8 Å². The molecule has 2 heteroatoms. The first kappa shape index (κ1) is 8.09. The van der Waals surface area contributed by atoms with E-state index in [0.29, 0.717) is 11.5 Å². The fourth-order valence-corrected chi connectivity index (χ4v) is 2.43. The molecule has 1 saturated heterocycles. The minimum Gasteiger partial charge on any atom is -0.353 e. The maximum atomic E-state index is 11.2. The molecule has 2 atom stereocenters. The molecule has 1 N–H and O–H groups in total. The van der Waals surface area contributed by atoms with Gasteiger partial charge in [-0.2, -0.15) is 0 Å². The summed E-state index contributed by atoms with van der Waals surface area (Å²) in [6, 6.07) is 0.359. The second-order valence-electron chi connectivity index (χ2n) is 4.94. The van der Waals surface area contributed by atoms with Gasteiger partial charge in [-0.3, -0.25) is 4.79 Å². The molecule has 2 fully saturated rings. The summed E-state index contributed by atoms with van der Waals surface area (Å²) in [6.07, 6.45) is 3.32. The van der Waals surface area contributed by atoms with E-state index in [-0.39, 0.29) is 11.3 Å². The van der Waals surface area contributed by atoms with Crippen molar-refractivity contribution in [2.75, 3.05) is 0 Å². The van der Waals surface area contributed by atoms with Gasteiger partial charge in [-0.25, -0.2) is 0 Å². The van der Waals surface area contributed by atoms with E-state index < -0.39 is 0 Å². The van der Waals surface area contributed by atoms with Crippen LogP contribution in [0, 0.1) is 10.8 Å². The molecule has 1 amide bonds. The molecule has 1 aliphatic carbocycles. The molecule has 2 unspecified atom stereocenters. The van der Waals surface area contributed by atoms with Gasteiger partial charge in [-0.15, -0.1) is 0 Å². The van der Waals surface area contributed by atoms with Gasteiger partial charge in [0, 0.05) is 17.9 Å². The Labute approximate surface area is 73.7 Å². The number of hydrogen-bond acceptors (Lipinski definition) is 1. The Kier molecular flexibility index (Phi) is 1.37. The quantitative estimate of drug-likeness (QED) is 0.632. The summed E-state index contributed by atoms with van der Waals surface area (Å²) in [5.41, 5.74) is 0.648. The lowest BCUT2D eigenvalue weighted by atomic mass is 9.70. The summed E-state index contributed by atoms with van der Waals surface area (Å²) < 4.78 is 0. The molecule has 0 aromatic carbocycles. The number of amides is 1. The predicted octanol–water partition coefficient (Wildman–Crippen LogP) is 1.70. The van der Waals surface area contributed by atoms with E-state index in [1.807, 2.05) is 0 Å². The topological polar surface area (TPSA) is 29.1 Å². The van der Waals surface area contributed by atoms with Crippen molar-refractivity contribution in [3.05, 3.63) is 0 Å². The fourth-order valence-electron chi connectivity index (χ4n) is 2.43. The first-order chi connectivity index (χ1) is 5.48. The minimum absolute atomic E-state index is 0.212. The van der Waals surface area contributed by atoms with Gasteiger partial charge in [0.15, 0.2) is 0 Å². The Hall–Kier alpha value is -0.530. The van der Waals surface area contributed by atoms with Crippen LogP contribution in [-0.4, -0.2) is 11.9 Å². The number of carbonyl (C=O) groups excluding carboxylic acids is 1. The number of nitrogens with one attached hydrogen (secondary N) is 1. The van der Waals surface area contributed by atoms with Crippen LogP contribution in [0.15, 0.2) is 0 Å². The Bertz CT molecular complexity index is 232. The van der Waals surface area contributed by atoms with Crippen molar-refractivity contribution in [1.29, 1.82) is 0 Å². The molecule has 68 valence electrons. The van der Waals surface area contributed by atoms with Crippen LogP contribution in [0.4, 0.5) is 0 Å². The van der Waals surface area contributed by atoms with Crippen molar-refractivity contribution in [3.63, 3.8) is 0 Å².